The number of hydrogen-bond acceptors (Lipinski definition) is 1. The van der Waals surface area contributed by atoms with Crippen molar-refractivity contribution in [3.05, 3.63) is 52.6 Å². The van der Waals surface area contributed by atoms with Crippen molar-refractivity contribution in [3.63, 3.8) is 0 Å². The van der Waals surface area contributed by atoms with Gasteiger partial charge >= 0.3 is 0 Å². The third kappa shape index (κ3) is 1.98. The van der Waals surface area contributed by atoms with E-state index in [1.54, 1.807) is 12.1 Å². The molecule has 0 aliphatic rings. The Morgan fingerprint density at radius 1 is 1.06 bits per heavy atom. The molecular weight excluding hydrogens is 244 g/mol. The summed E-state index contributed by atoms with van der Waals surface area (Å²) in [6.45, 7) is 1.82. The van der Waals surface area contributed by atoms with Gasteiger partial charge in [-0.1, -0.05) is 29.8 Å². The van der Waals surface area contributed by atoms with Gasteiger partial charge in [0.1, 0.15) is 11.5 Å². The van der Waals surface area contributed by atoms with Crippen molar-refractivity contribution in [1.29, 1.82) is 0 Å². The second-order valence-electron chi connectivity index (χ2n) is 3.76. The Morgan fingerprint density at radius 3 is 2.47 bits per heavy atom. The summed E-state index contributed by atoms with van der Waals surface area (Å²) < 4.78 is 26.9. The fraction of sp³-hybridized carbons (Fsp3) is 0.0769. The van der Waals surface area contributed by atoms with Crippen LogP contribution in [0.3, 0.4) is 0 Å². The first-order chi connectivity index (χ1) is 8.02. The van der Waals surface area contributed by atoms with Crippen LogP contribution in [-0.2, 0) is 0 Å². The molecule has 2 aromatic carbocycles. The Morgan fingerprint density at radius 2 is 1.76 bits per heavy atom. The zero-order chi connectivity index (χ0) is 12.6. The summed E-state index contributed by atoms with van der Waals surface area (Å²) >= 11 is 6.09. The molecule has 1 nitrogen and oxygen atoms in total. The molecule has 2 aromatic rings. The standard InChI is InChI=1S/C13H10ClF2N/c1-7-3-2-4-8(11(7)14)9-5-6-10(15)13(17)12(9)16/h2-6H,17H2,1H3. The van der Waals surface area contributed by atoms with E-state index in [2.05, 4.69) is 0 Å². The zero-order valence-electron chi connectivity index (χ0n) is 9.10. The number of aryl methyl sites for hydroxylation is 1. The Balaban J connectivity index is 2.69. The molecule has 0 fully saturated rings. The lowest BCUT2D eigenvalue weighted by Gasteiger charge is -2.09. The van der Waals surface area contributed by atoms with Crippen LogP contribution < -0.4 is 5.73 Å². The average molecular weight is 254 g/mol. The first-order valence-corrected chi connectivity index (χ1v) is 5.39. The van der Waals surface area contributed by atoms with E-state index in [1.165, 1.54) is 6.07 Å². The van der Waals surface area contributed by atoms with Crippen molar-refractivity contribution in [1.82, 2.24) is 0 Å². The molecule has 88 valence electrons. The molecule has 0 bridgehead atoms. The molecule has 0 saturated heterocycles. The smallest absolute Gasteiger partial charge is 0.156 e. The highest BCUT2D eigenvalue weighted by molar-refractivity contribution is 6.34. The second-order valence-corrected chi connectivity index (χ2v) is 4.14. The van der Waals surface area contributed by atoms with Crippen molar-refractivity contribution in [2.45, 2.75) is 6.92 Å². The molecule has 0 atom stereocenters. The number of rotatable bonds is 1. The highest BCUT2D eigenvalue weighted by Crippen LogP contribution is 2.34. The van der Waals surface area contributed by atoms with E-state index in [-0.39, 0.29) is 5.56 Å². The minimum atomic E-state index is -0.780. The van der Waals surface area contributed by atoms with Gasteiger partial charge in [-0.3, -0.25) is 0 Å². The van der Waals surface area contributed by atoms with Crippen LogP contribution in [0, 0.1) is 18.6 Å². The van der Waals surface area contributed by atoms with E-state index >= 15 is 0 Å². The monoisotopic (exact) mass is 253 g/mol. The van der Waals surface area contributed by atoms with E-state index in [1.807, 2.05) is 13.0 Å². The molecule has 0 radical (unpaired) electrons. The third-order valence-corrected chi connectivity index (χ3v) is 3.11. The van der Waals surface area contributed by atoms with Crippen LogP contribution in [0.4, 0.5) is 14.5 Å². The van der Waals surface area contributed by atoms with E-state index in [0.29, 0.717) is 10.6 Å². The van der Waals surface area contributed by atoms with Gasteiger partial charge < -0.3 is 5.73 Å². The summed E-state index contributed by atoms with van der Waals surface area (Å²) in [5.41, 5.74) is 6.37. The highest BCUT2D eigenvalue weighted by Gasteiger charge is 2.14. The molecule has 0 amide bonds. The minimum absolute atomic E-state index is 0.206. The number of benzene rings is 2. The van der Waals surface area contributed by atoms with Crippen LogP contribution in [0.2, 0.25) is 5.02 Å². The lowest BCUT2D eigenvalue weighted by Crippen LogP contribution is -1.98. The van der Waals surface area contributed by atoms with Crippen molar-refractivity contribution in [2.24, 2.45) is 0 Å². The van der Waals surface area contributed by atoms with Crippen LogP contribution in [-0.4, -0.2) is 0 Å². The molecular formula is C13H10ClF2N. The molecule has 17 heavy (non-hydrogen) atoms. The van der Waals surface area contributed by atoms with Crippen molar-refractivity contribution >= 4 is 17.3 Å². The number of halogens is 3. The predicted molar refractivity (Wildman–Crippen MR) is 66.0 cm³/mol. The highest BCUT2D eigenvalue weighted by atomic mass is 35.5. The van der Waals surface area contributed by atoms with Gasteiger partial charge in [0.2, 0.25) is 0 Å². The third-order valence-electron chi connectivity index (χ3n) is 2.61. The van der Waals surface area contributed by atoms with Crippen molar-refractivity contribution in [3.8, 4) is 11.1 Å². The summed E-state index contributed by atoms with van der Waals surface area (Å²) in [6.07, 6.45) is 0. The van der Waals surface area contributed by atoms with Gasteiger partial charge in [-0.05, 0) is 24.6 Å². The largest absolute Gasteiger partial charge is 0.394 e. The van der Waals surface area contributed by atoms with Crippen LogP contribution in [0.25, 0.3) is 11.1 Å². The number of hydrogen-bond donors (Lipinski definition) is 1. The lowest BCUT2D eigenvalue weighted by molar-refractivity contribution is 0.594. The molecule has 0 aromatic heterocycles. The molecule has 0 saturated carbocycles. The van der Waals surface area contributed by atoms with Gasteiger partial charge in [0.05, 0.1) is 5.02 Å². The van der Waals surface area contributed by atoms with Gasteiger partial charge in [-0.15, -0.1) is 0 Å². The number of anilines is 1. The fourth-order valence-electron chi connectivity index (χ4n) is 1.63. The van der Waals surface area contributed by atoms with Crippen molar-refractivity contribution < 1.29 is 8.78 Å². The summed E-state index contributed by atoms with van der Waals surface area (Å²) in [7, 11) is 0. The van der Waals surface area contributed by atoms with Crippen LogP contribution >= 0.6 is 11.6 Å². The Hall–Kier alpha value is -1.61. The molecule has 2 N–H and O–H groups in total. The minimum Gasteiger partial charge on any atom is -0.394 e. The SMILES string of the molecule is Cc1cccc(-c2ccc(F)c(N)c2F)c1Cl. The maximum Gasteiger partial charge on any atom is 0.156 e. The molecule has 0 spiro atoms. The van der Waals surface area contributed by atoms with E-state index in [0.717, 1.165) is 11.6 Å². The van der Waals surface area contributed by atoms with Gasteiger partial charge in [0.25, 0.3) is 0 Å². The van der Waals surface area contributed by atoms with Crippen LogP contribution in [0.5, 0.6) is 0 Å². The maximum absolute atomic E-state index is 13.8. The predicted octanol–water partition coefficient (Wildman–Crippen LogP) is 4.18. The summed E-state index contributed by atoms with van der Waals surface area (Å²) in [5.74, 6) is -1.55. The summed E-state index contributed by atoms with van der Waals surface area (Å²) in [5, 5.41) is 0.442. The summed E-state index contributed by atoms with van der Waals surface area (Å²) in [6, 6.07) is 7.71. The normalized spacial score (nSPS) is 10.6. The Kier molecular flexibility index (Phi) is 3.03. The quantitative estimate of drug-likeness (QED) is 0.758. The van der Waals surface area contributed by atoms with Crippen LogP contribution in [0.15, 0.2) is 30.3 Å². The molecule has 0 heterocycles. The van der Waals surface area contributed by atoms with E-state index < -0.39 is 17.3 Å². The van der Waals surface area contributed by atoms with E-state index in [4.69, 9.17) is 17.3 Å². The lowest BCUT2D eigenvalue weighted by atomic mass is 10.0. The maximum atomic E-state index is 13.8. The first-order valence-electron chi connectivity index (χ1n) is 5.01. The average Bonchev–Trinajstić information content (AvgIpc) is 2.31. The van der Waals surface area contributed by atoms with Gasteiger partial charge in [0, 0.05) is 11.1 Å². The topological polar surface area (TPSA) is 26.0 Å². The number of nitrogen functional groups attached to an aromatic ring is 1. The van der Waals surface area contributed by atoms with Crippen LogP contribution in [0.1, 0.15) is 5.56 Å². The Bertz CT molecular complexity index is 582. The number of nitrogens with two attached hydrogens (primary N) is 1. The molecule has 4 heteroatoms. The zero-order valence-corrected chi connectivity index (χ0v) is 9.85. The molecule has 0 unspecified atom stereocenters. The van der Waals surface area contributed by atoms with Gasteiger partial charge in [-0.2, -0.15) is 0 Å². The molecule has 2 rings (SSSR count). The second kappa shape index (κ2) is 4.34. The summed E-state index contributed by atoms with van der Waals surface area (Å²) in [4.78, 5) is 0. The van der Waals surface area contributed by atoms with Crippen molar-refractivity contribution in [2.75, 3.05) is 5.73 Å². The first kappa shape index (κ1) is 11.9. The molecule has 0 aliphatic carbocycles. The fourth-order valence-corrected chi connectivity index (χ4v) is 1.86. The Labute approximate surface area is 103 Å². The molecule has 0 aliphatic heterocycles. The van der Waals surface area contributed by atoms with E-state index in [9.17, 15) is 8.78 Å². The van der Waals surface area contributed by atoms with Gasteiger partial charge in [-0.25, -0.2) is 8.78 Å². The van der Waals surface area contributed by atoms with Gasteiger partial charge in [0.15, 0.2) is 5.82 Å².